The Balaban J connectivity index is 1.63. The molecule has 0 fully saturated rings. The molecule has 2 amide bonds. The summed E-state index contributed by atoms with van der Waals surface area (Å²) in [7, 11) is -3.83. The van der Waals surface area contributed by atoms with Crippen molar-refractivity contribution in [2.45, 2.75) is 4.90 Å². The third-order valence-corrected chi connectivity index (χ3v) is 5.39. The molecule has 10 heteroatoms. The molecule has 1 aromatic heterocycles. The van der Waals surface area contributed by atoms with Gasteiger partial charge in [-0.15, -0.1) is 0 Å². The van der Waals surface area contributed by atoms with E-state index in [4.69, 9.17) is 11.6 Å². The largest absolute Gasteiger partial charge is 0.280 e. The minimum Gasteiger partial charge on any atom is -0.280 e. The molecule has 3 aromatic rings. The molecule has 3 rings (SSSR count). The molecule has 0 radical (unpaired) electrons. The maximum Gasteiger partial charge on any atom is 0.271 e. The fraction of sp³-hybridized carbons (Fsp3) is 0. The molecule has 0 aliphatic carbocycles. The van der Waals surface area contributed by atoms with E-state index in [1.165, 1.54) is 48.8 Å². The molecule has 29 heavy (non-hydrogen) atoms. The van der Waals surface area contributed by atoms with Crippen molar-refractivity contribution in [3.05, 3.63) is 89.2 Å². The van der Waals surface area contributed by atoms with Crippen molar-refractivity contribution in [3.63, 3.8) is 0 Å². The Kier molecular flexibility index (Phi) is 6.10. The van der Waals surface area contributed by atoms with Crippen molar-refractivity contribution in [1.82, 2.24) is 15.8 Å². The topological polar surface area (TPSA) is 117 Å². The van der Waals surface area contributed by atoms with E-state index in [-0.39, 0.29) is 16.0 Å². The van der Waals surface area contributed by atoms with Crippen LogP contribution in [0.2, 0.25) is 5.02 Å². The molecule has 0 atom stereocenters. The van der Waals surface area contributed by atoms with Crippen LogP contribution >= 0.6 is 11.6 Å². The van der Waals surface area contributed by atoms with Crippen LogP contribution in [0.4, 0.5) is 5.69 Å². The Labute approximate surface area is 172 Å². The Morgan fingerprint density at radius 1 is 0.828 bits per heavy atom. The van der Waals surface area contributed by atoms with Crippen molar-refractivity contribution in [1.29, 1.82) is 0 Å². The van der Waals surface area contributed by atoms with Gasteiger partial charge in [-0.2, -0.15) is 0 Å². The zero-order valence-corrected chi connectivity index (χ0v) is 16.4. The quantitative estimate of drug-likeness (QED) is 0.538. The Morgan fingerprint density at radius 2 is 1.45 bits per heavy atom. The second kappa shape index (κ2) is 8.72. The summed E-state index contributed by atoms with van der Waals surface area (Å²) in [6, 6.07) is 14.6. The van der Waals surface area contributed by atoms with E-state index in [2.05, 4.69) is 20.6 Å². The predicted octanol–water partition coefficient (Wildman–Crippen LogP) is 2.61. The summed E-state index contributed by atoms with van der Waals surface area (Å²) in [5, 5.41) is 0.485. The van der Waals surface area contributed by atoms with E-state index in [9.17, 15) is 18.0 Å². The van der Waals surface area contributed by atoms with Crippen LogP contribution < -0.4 is 15.6 Å². The number of hydrazine groups is 1. The first-order valence-electron chi connectivity index (χ1n) is 8.24. The third-order valence-electron chi connectivity index (χ3n) is 3.74. The lowest BCUT2D eigenvalue weighted by molar-refractivity contribution is 0.0846. The van der Waals surface area contributed by atoms with E-state index in [0.29, 0.717) is 10.7 Å². The van der Waals surface area contributed by atoms with Gasteiger partial charge in [0, 0.05) is 28.7 Å². The number of halogens is 1. The number of hydrogen-bond donors (Lipinski definition) is 3. The number of pyridine rings is 1. The number of sulfonamides is 1. The molecule has 148 valence electrons. The summed E-state index contributed by atoms with van der Waals surface area (Å²) in [6.07, 6.45) is 2.88. The van der Waals surface area contributed by atoms with Crippen molar-refractivity contribution in [3.8, 4) is 0 Å². The van der Waals surface area contributed by atoms with Gasteiger partial charge in [-0.3, -0.25) is 30.1 Å². The number of anilines is 1. The van der Waals surface area contributed by atoms with E-state index in [1.54, 1.807) is 24.3 Å². The maximum absolute atomic E-state index is 12.4. The summed E-state index contributed by atoms with van der Waals surface area (Å²) in [6.45, 7) is 0. The first-order chi connectivity index (χ1) is 13.8. The summed E-state index contributed by atoms with van der Waals surface area (Å²) < 4.78 is 27.3. The molecular formula is C19H15ClN4O4S. The Bertz CT molecular complexity index is 1120. The summed E-state index contributed by atoms with van der Waals surface area (Å²) >= 11 is 5.78. The molecule has 0 saturated carbocycles. The van der Waals surface area contributed by atoms with Gasteiger partial charge in [-0.05, 0) is 60.7 Å². The predicted molar refractivity (Wildman–Crippen MR) is 108 cm³/mol. The summed E-state index contributed by atoms with van der Waals surface area (Å²) in [5.74, 6) is -1.13. The molecule has 0 aliphatic rings. The highest BCUT2D eigenvalue weighted by Gasteiger charge is 2.16. The molecule has 0 aliphatic heterocycles. The molecule has 0 saturated heterocycles. The van der Waals surface area contributed by atoms with Crippen LogP contribution in [-0.2, 0) is 10.0 Å². The van der Waals surface area contributed by atoms with Crippen LogP contribution in [0.3, 0.4) is 0 Å². The van der Waals surface area contributed by atoms with Gasteiger partial charge in [0.1, 0.15) is 0 Å². The van der Waals surface area contributed by atoms with Crippen LogP contribution in [0.25, 0.3) is 0 Å². The number of rotatable bonds is 5. The fourth-order valence-electron chi connectivity index (χ4n) is 2.27. The highest BCUT2D eigenvalue weighted by Crippen LogP contribution is 2.18. The van der Waals surface area contributed by atoms with E-state index < -0.39 is 21.8 Å². The number of amides is 2. The monoisotopic (exact) mass is 430 g/mol. The van der Waals surface area contributed by atoms with Gasteiger partial charge >= 0.3 is 0 Å². The van der Waals surface area contributed by atoms with Gasteiger partial charge in [-0.1, -0.05) is 11.6 Å². The van der Waals surface area contributed by atoms with Crippen molar-refractivity contribution >= 4 is 39.1 Å². The lowest BCUT2D eigenvalue weighted by atomic mass is 10.2. The van der Waals surface area contributed by atoms with Gasteiger partial charge in [0.15, 0.2) is 0 Å². The van der Waals surface area contributed by atoms with Crippen molar-refractivity contribution in [2.75, 3.05) is 4.72 Å². The average Bonchev–Trinajstić information content (AvgIpc) is 2.74. The second-order valence-corrected chi connectivity index (χ2v) is 7.91. The zero-order chi connectivity index (χ0) is 20.9. The van der Waals surface area contributed by atoms with Crippen molar-refractivity contribution in [2.24, 2.45) is 0 Å². The molecule has 3 N–H and O–H groups in total. The first-order valence-corrected chi connectivity index (χ1v) is 10.1. The molecule has 1 heterocycles. The highest BCUT2D eigenvalue weighted by molar-refractivity contribution is 7.92. The normalized spacial score (nSPS) is 10.8. The van der Waals surface area contributed by atoms with Crippen LogP contribution in [0.5, 0.6) is 0 Å². The third kappa shape index (κ3) is 5.31. The van der Waals surface area contributed by atoms with Crippen LogP contribution in [0, 0.1) is 0 Å². The summed E-state index contributed by atoms with van der Waals surface area (Å²) in [4.78, 5) is 27.8. The van der Waals surface area contributed by atoms with Crippen molar-refractivity contribution < 1.29 is 18.0 Å². The lowest BCUT2D eigenvalue weighted by Crippen LogP contribution is -2.41. The minimum absolute atomic E-state index is 0.0246. The molecule has 0 bridgehead atoms. The lowest BCUT2D eigenvalue weighted by Gasteiger charge is -2.10. The fourth-order valence-corrected chi connectivity index (χ4v) is 3.46. The number of aromatic nitrogens is 1. The number of hydrogen-bond acceptors (Lipinski definition) is 5. The average molecular weight is 431 g/mol. The number of carbonyl (C=O) groups excluding carboxylic acids is 2. The highest BCUT2D eigenvalue weighted by atomic mass is 35.5. The number of nitrogens with zero attached hydrogens (tertiary/aromatic N) is 1. The van der Waals surface area contributed by atoms with Crippen LogP contribution in [0.1, 0.15) is 20.7 Å². The molecule has 8 nitrogen and oxygen atoms in total. The van der Waals surface area contributed by atoms with E-state index in [0.717, 1.165) is 0 Å². The number of benzene rings is 2. The van der Waals surface area contributed by atoms with Crippen LogP contribution in [0.15, 0.2) is 78.0 Å². The standard InChI is InChI=1S/C19H15ClN4O4S/c20-15-5-7-16(8-6-15)24-29(27,28)17-9-3-13(4-10-17)18(25)22-23-19(26)14-2-1-11-21-12-14/h1-12,24H,(H,22,25)(H,23,26). The minimum atomic E-state index is -3.83. The SMILES string of the molecule is O=C(NNC(=O)c1cccnc1)c1ccc(S(=O)(=O)Nc2ccc(Cl)cc2)cc1. The smallest absolute Gasteiger partial charge is 0.271 e. The zero-order valence-electron chi connectivity index (χ0n) is 14.8. The second-order valence-electron chi connectivity index (χ2n) is 5.79. The van der Waals surface area contributed by atoms with Gasteiger partial charge < -0.3 is 0 Å². The van der Waals surface area contributed by atoms with E-state index in [1.807, 2.05) is 0 Å². The summed E-state index contributed by atoms with van der Waals surface area (Å²) in [5.41, 5.74) is 5.32. The number of nitrogens with one attached hydrogen (secondary N) is 3. The Morgan fingerprint density at radius 3 is 2.03 bits per heavy atom. The first kappa shape index (κ1) is 20.3. The van der Waals surface area contributed by atoms with E-state index >= 15 is 0 Å². The molecule has 2 aromatic carbocycles. The van der Waals surface area contributed by atoms with Gasteiger partial charge in [0.05, 0.1) is 10.5 Å². The van der Waals surface area contributed by atoms with Gasteiger partial charge in [-0.25, -0.2) is 8.42 Å². The molecular weight excluding hydrogens is 416 g/mol. The number of carbonyl (C=O) groups is 2. The Hall–Kier alpha value is -3.43. The maximum atomic E-state index is 12.4. The molecule has 0 spiro atoms. The van der Waals surface area contributed by atoms with Gasteiger partial charge in [0.2, 0.25) is 0 Å². The van der Waals surface area contributed by atoms with Crippen LogP contribution in [-0.4, -0.2) is 25.2 Å². The van der Waals surface area contributed by atoms with Gasteiger partial charge in [0.25, 0.3) is 21.8 Å². The molecule has 0 unspecified atom stereocenters.